The van der Waals surface area contributed by atoms with Crippen molar-refractivity contribution < 1.29 is 19.4 Å². The maximum atomic E-state index is 11.9. The highest BCUT2D eigenvalue weighted by Crippen LogP contribution is 2.35. The van der Waals surface area contributed by atoms with E-state index < -0.39 is 6.10 Å². The van der Waals surface area contributed by atoms with E-state index in [-0.39, 0.29) is 18.7 Å². The monoisotopic (exact) mass is 264 g/mol. The number of carbonyl (C=O) groups excluding carboxylic acids is 1. The Balaban J connectivity index is 1.61. The van der Waals surface area contributed by atoms with Crippen molar-refractivity contribution in [3.05, 3.63) is 23.8 Å². The zero-order valence-electron chi connectivity index (χ0n) is 10.4. The van der Waals surface area contributed by atoms with Crippen LogP contribution in [0.3, 0.4) is 0 Å². The Hall–Kier alpha value is -1.79. The van der Waals surface area contributed by atoms with Crippen LogP contribution in [0, 0.1) is 0 Å². The number of benzene rings is 1. The molecule has 2 aliphatic rings. The second kappa shape index (κ2) is 5.07. The number of aliphatic hydroxyl groups is 1. The van der Waals surface area contributed by atoms with E-state index in [1.165, 1.54) is 0 Å². The fraction of sp³-hybridized carbons (Fsp3) is 0.462. The van der Waals surface area contributed by atoms with E-state index >= 15 is 0 Å². The van der Waals surface area contributed by atoms with Crippen molar-refractivity contribution in [1.29, 1.82) is 0 Å². The summed E-state index contributed by atoms with van der Waals surface area (Å²) in [5.41, 5.74) is 0.891. The highest BCUT2D eigenvalue weighted by molar-refractivity contribution is 5.82. The minimum atomic E-state index is -0.437. The van der Waals surface area contributed by atoms with Gasteiger partial charge in [0.15, 0.2) is 11.5 Å². The lowest BCUT2D eigenvalue weighted by Gasteiger charge is -2.12. The molecule has 0 spiro atoms. The zero-order valence-corrected chi connectivity index (χ0v) is 10.4. The number of carbonyl (C=O) groups is 1. The van der Waals surface area contributed by atoms with Crippen molar-refractivity contribution in [2.75, 3.05) is 13.3 Å². The van der Waals surface area contributed by atoms with Gasteiger partial charge in [-0.15, -0.1) is 0 Å². The fourth-order valence-corrected chi connectivity index (χ4v) is 2.35. The van der Waals surface area contributed by atoms with E-state index in [2.05, 4.69) is 10.6 Å². The molecule has 0 bridgehead atoms. The number of rotatable bonds is 3. The summed E-state index contributed by atoms with van der Waals surface area (Å²) in [4.78, 5) is 11.9. The molecule has 1 aromatic rings. The molecule has 3 rings (SSSR count). The van der Waals surface area contributed by atoms with E-state index in [9.17, 15) is 9.90 Å². The Morgan fingerprint density at radius 3 is 3.16 bits per heavy atom. The highest BCUT2D eigenvalue weighted by Gasteiger charge is 2.28. The molecule has 2 heterocycles. The second-order valence-corrected chi connectivity index (χ2v) is 4.72. The number of hydrogen-bond donors (Lipinski definition) is 3. The summed E-state index contributed by atoms with van der Waals surface area (Å²) >= 11 is 0. The van der Waals surface area contributed by atoms with E-state index in [4.69, 9.17) is 9.47 Å². The summed E-state index contributed by atoms with van der Waals surface area (Å²) < 4.78 is 10.7. The molecule has 6 nitrogen and oxygen atoms in total. The van der Waals surface area contributed by atoms with Crippen molar-refractivity contribution >= 4 is 5.91 Å². The van der Waals surface area contributed by atoms with Gasteiger partial charge in [-0.2, -0.15) is 0 Å². The largest absolute Gasteiger partial charge is 0.454 e. The van der Waals surface area contributed by atoms with Gasteiger partial charge >= 0.3 is 0 Å². The van der Waals surface area contributed by atoms with Gasteiger partial charge in [0.1, 0.15) is 0 Å². The normalized spacial score (nSPS) is 24.5. The van der Waals surface area contributed by atoms with Crippen molar-refractivity contribution in [1.82, 2.24) is 10.6 Å². The Bertz CT molecular complexity index is 492. The third-order valence-corrected chi connectivity index (χ3v) is 3.36. The quantitative estimate of drug-likeness (QED) is 0.702. The third kappa shape index (κ3) is 2.50. The molecule has 102 valence electrons. The first kappa shape index (κ1) is 12.3. The van der Waals surface area contributed by atoms with E-state index in [1.807, 2.05) is 18.2 Å². The number of ether oxygens (including phenoxy) is 2. The number of hydrogen-bond acceptors (Lipinski definition) is 5. The number of fused-ring (bicyclic) bond motifs is 1. The molecule has 1 saturated heterocycles. The number of amides is 1. The Labute approximate surface area is 110 Å². The van der Waals surface area contributed by atoms with Crippen molar-refractivity contribution in [2.24, 2.45) is 0 Å². The van der Waals surface area contributed by atoms with E-state index in [0.717, 1.165) is 5.56 Å². The number of para-hydroxylation sites is 1. The lowest BCUT2D eigenvalue weighted by molar-refractivity contribution is -0.123. The molecule has 19 heavy (non-hydrogen) atoms. The van der Waals surface area contributed by atoms with Crippen molar-refractivity contribution in [3.63, 3.8) is 0 Å². The summed E-state index contributed by atoms with van der Waals surface area (Å²) in [6.07, 6.45) is 0.0201. The smallest absolute Gasteiger partial charge is 0.237 e. The first-order valence-corrected chi connectivity index (χ1v) is 6.30. The van der Waals surface area contributed by atoms with E-state index in [1.54, 1.807) is 0 Å². The lowest BCUT2D eigenvalue weighted by atomic mass is 10.1. The summed E-state index contributed by atoms with van der Waals surface area (Å²) in [5.74, 6) is 1.30. The van der Waals surface area contributed by atoms with Crippen LogP contribution in [0.2, 0.25) is 0 Å². The van der Waals surface area contributed by atoms with Gasteiger partial charge < -0.3 is 25.2 Å². The molecule has 0 saturated carbocycles. The van der Waals surface area contributed by atoms with Crippen LogP contribution in [0.5, 0.6) is 11.5 Å². The van der Waals surface area contributed by atoms with Crippen LogP contribution in [-0.4, -0.2) is 36.5 Å². The van der Waals surface area contributed by atoms with Crippen LogP contribution in [-0.2, 0) is 11.3 Å². The molecule has 0 aromatic heterocycles. The van der Waals surface area contributed by atoms with Gasteiger partial charge in [-0.3, -0.25) is 4.79 Å². The standard InChI is InChI=1S/C13H16N2O4/c16-9-4-10(14-6-9)13(17)15-5-8-2-1-3-11-12(8)19-7-18-11/h1-3,9-10,14,16H,4-7H2,(H,15,17)/t9-,10-/m0/s1. The van der Waals surface area contributed by atoms with Gasteiger partial charge in [0.05, 0.1) is 12.1 Å². The van der Waals surface area contributed by atoms with Gasteiger partial charge in [-0.05, 0) is 12.5 Å². The van der Waals surface area contributed by atoms with Crippen LogP contribution in [0.4, 0.5) is 0 Å². The summed E-state index contributed by atoms with van der Waals surface area (Å²) in [7, 11) is 0. The second-order valence-electron chi connectivity index (χ2n) is 4.72. The Morgan fingerprint density at radius 2 is 2.37 bits per heavy atom. The van der Waals surface area contributed by atoms with Crippen LogP contribution in [0.1, 0.15) is 12.0 Å². The maximum Gasteiger partial charge on any atom is 0.237 e. The molecule has 0 unspecified atom stereocenters. The van der Waals surface area contributed by atoms with Crippen LogP contribution in [0.15, 0.2) is 18.2 Å². The summed E-state index contributed by atoms with van der Waals surface area (Å²) in [6, 6.07) is 5.28. The highest BCUT2D eigenvalue weighted by atomic mass is 16.7. The third-order valence-electron chi connectivity index (χ3n) is 3.36. The number of aliphatic hydroxyl groups excluding tert-OH is 1. The first-order valence-electron chi connectivity index (χ1n) is 6.30. The zero-order chi connectivity index (χ0) is 13.2. The van der Waals surface area contributed by atoms with Gasteiger partial charge in [-0.25, -0.2) is 0 Å². The maximum absolute atomic E-state index is 11.9. The molecule has 0 aliphatic carbocycles. The van der Waals surface area contributed by atoms with E-state index in [0.29, 0.717) is 31.0 Å². The topological polar surface area (TPSA) is 79.8 Å². The average molecular weight is 264 g/mol. The SMILES string of the molecule is O=C(NCc1cccc2c1OCO2)[C@@H]1C[C@H](O)CN1. The average Bonchev–Trinajstić information content (AvgIpc) is 3.04. The first-order chi connectivity index (χ1) is 9.24. The molecule has 1 aromatic carbocycles. The molecule has 2 aliphatic heterocycles. The lowest BCUT2D eigenvalue weighted by Crippen LogP contribution is -2.40. The molecule has 3 N–H and O–H groups in total. The van der Waals surface area contributed by atoms with Gasteiger partial charge in [0.25, 0.3) is 0 Å². The summed E-state index contributed by atoms with van der Waals surface area (Å²) in [5, 5.41) is 15.2. The molecule has 1 fully saturated rings. The predicted octanol–water partition coefficient (Wildman–Crippen LogP) is -0.246. The molecular weight excluding hydrogens is 248 g/mol. The minimum absolute atomic E-state index is 0.104. The van der Waals surface area contributed by atoms with Gasteiger partial charge in [-0.1, -0.05) is 12.1 Å². The molecule has 1 amide bonds. The molecule has 6 heteroatoms. The van der Waals surface area contributed by atoms with Crippen molar-refractivity contribution in [3.8, 4) is 11.5 Å². The predicted molar refractivity (Wildman–Crippen MR) is 66.8 cm³/mol. The van der Waals surface area contributed by atoms with Crippen molar-refractivity contribution in [2.45, 2.75) is 25.1 Å². The molecule has 0 radical (unpaired) electrons. The van der Waals surface area contributed by atoms with Crippen LogP contribution >= 0.6 is 0 Å². The summed E-state index contributed by atoms with van der Waals surface area (Å²) in [6.45, 7) is 1.08. The number of nitrogens with one attached hydrogen (secondary N) is 2. The van der Waals surface area contributed by atoms with Crippen LogP contribution < -0.4 is 20.1 Å². The minimum Gasteiger partial charge on any atom is -0.454 e. The van der Waals surface area contributed by atoms with Gasteiger partial charge in [0.2, 0.25) is 12.7 Å². The Morgan fingerprint density at radius 1 is 1.47 bits per heavy atom. The van der Waals surface area contributed by atoms with Crippen LogP contribution in [0.25, 0.3) is 0 Å². The van der Waals surface area contributed by atoms with Gasteiger partial charge in [0, 0.05) is 18.7 Å². The molecule has 2 atom stereocenters. The fourth-order valence-electron chi connectivity index (χ4n) is 2.35. The Kier molecular flexibility index (Phi) is 3.27. The number of β-amino-alcohol motifs (C(OH)–C–C–N with tert-alkyl or cyclic N) is 1. The molecular formula is C13H16N2O4.